The van der Waals surface area contributed by atoms with E-state index in [1.165, 1.54) is 0 Å². The first kappa shape index (κ1) is 11.9. The Kier molecular flexibility index (Phi) is 3.29. The van der Waals surface area contributed by atoms with Crippen molar-refractivity contribution < 1.29 is 9.21 Å². The van der Waals surface area contributed by atoms with Gasteiger partial charge in [0.15, 0.2) is 5.76 Å². The summed E-state index contributed by atoms with van der Waals surface area (Å²) in [7, 11) is 0. The predicted octanol–water partition coefficient (Wildman–Crippen LogP) is 2.91. The summed E-state index contributed by atoms with van der Waals surface area (Å²) in [5.74, 6) is 0.281. The molecule has 3 heteroatoms. The Labute approximate surface area is 101 Å². The van der Waals surface area contributed by atoms with E-state index in [4.69, 9.17) is 10.2 Å². The summed E-state index contributed by atoms with van der Waals surface area (Å²) in [4.78, 5) is 12.1. The molecule has 90 valence electrons. The first-order valence-corrected chi connectivity index (χ1v) is 5.90. The predicted molar refractivity (Wildman–Crippen MR) is 68.1 cm³/mol. The number of benzene rings is 1. The molecule has 0 spiro atoms. The van der Waals surface area contributed by atoms with Crippen LogP contribution in [0.4, 0.5) is 0 Å². The molecule has 0 amide bonds. The summed E-state index contributed by atoms with van der Waals surface area (Å²) in [6.07, 6.45) is 0.741. The van der Waals surface area contributed by atoms with Crippen molar-refractivity contribution in [3.05, 3.63) is 35.6 Å². The molecular formula is C14H17NO2. The minimum Gasteiger partial charge on any atom is -0.453 e. The summed E-state index contributed by atoms with van der Waals surface area (Å²) < 4.78 is 5.56. The standard InChI is InChI=1S/C14H17NO2/c1-3-10(8-15)14(16)13-7-11-6-9(2)4-5-12(11)17-13/h4-7,10H,3,8,15H2,1-2H3. The molecule has 0 aliphatic carbocycles. The van der Waals surface area contributed by atoms with E-state index in [1.807, 2.05) is 38.1 Å². The molecule has 1 unspecified atom stereocenters. The molecule has 0 saturated carbocycles. The number of carbonyl (C=O) groups excluding carboxylic acids is 1. The third kappa shape index (κ3) is 2.24. The molecule has 1 aromatic carbocycles. The highest BCUT2D eigenvalue weighted by Gasteiger charge is 2.20. The van der Waals surface area contributed by atoms with Crippen LogP contribution in [0.5, 0.6) is 0 Å². The molecule has 2 aromatic rings. The fourth-order valence-corrected chi connectivity index (χ4v) is 1.94. The van der Waals surface area contributed by atoms with Crippen LogP contribution in [-0.4, -0.2) is 12.3 Å². The number of aryl methyl sites for hydroxylation is 1. The summed E-state index contributed by atoms with van der Waals surface area (Å²) >= 11 is 0. The number of hydrogen-bond acceptors (Lipinski definition) is 3. The van der Waals surface area contributed by atoms with Crippen molar-refractivity contribution in [3.63, 3.8) is 0 Å². The van der Waals surface area contributed by atoms with Gasteiger partial charge < -0.3 is 10.2 Å². The molecule has 2 rings (SSSR count). The number of Topliss-reactive ketones (excluding diaryl/α,β-unsaturated/α-hetero) is 1. The van der Waals surface area contributed by atoms with Crippen molar-refractivity contribution >= 4 is 16.8 Å². The van der Waals surface area contributed by atoms with Crippen LogP contribution in [0.15, 0.2) is 28.7 Å². The van der Waals surface area contributed by atoms with Crippen LogP contribution >= 0.6 is 0 Å². The van der Waals surface area contributed by atoms with Gasteiger partial charge in [-0.1, -0.05) is 18.6 Å². The van der Waals surface area contributed by atoms with Crippen LogP contribution in [-0.2, 0) is 0 Å². The Morgan fingerprint density at radius 2 is 2.18 bits per heavy atom. The van der Waals surface area contributed by atoms with Gasteiger partial charge in [0.25, 0.3) is 0 Å². The Balaban J connectivity index is 2.39. The van der Waals surface area contributed by atoms with E-state index in [9.17, 15) is 4.79 Å². The van der Waals surface area contributed by atoms with Crippen LogP contribution in [0.3, 0.4) is 0 Å². The molecule has 0 radical (unpaired) electrons. The Morgan fingerprint density at radius 1 is 1.41 bits per heavy atom. The maximum Gasteiger partial charge on any atom is 0.202 e. The summed E-state index contributed by atoms with van der Waals surface area (Å²) in [5.41, 5.74) is 7.49. The van der Waals surface area contributed by atoms with Crippen LogP contribution in [0.1, 0.15) is 29.5 Å². The first-order chi connectivity index (χ1) is 8.15. The van der Waals surface area contributed by atoms with Gasteiger partial charge >= 0.3 is 0 Å². The third-order valence-electron chi connectivity index (χ3n) is 3.06. The maximum atomic E-state index is 12.1. The lowest BCUT2D eigenvalue weighted by Crippen LogP contribution is -2.22. The highest BCUT2D eigenvalue weighted by molar-refractivity contribution is 5.99. The minimum atomic E-state index is -0.142. The largest absolute Gasteiger partial charge is 0.453 e. The van der Waals surface area contributed by atoms with Crippen molar-refractivity contribution in [1.29, 1.82) is 0 Å². The molecule has 3 nitrogen and oxygen atoms in total. The van der Waals surface area contributed by atoms with Gasteiger partial charge in [-0.25, -0.2) is 0 Å². The number of rotatable bonds is 4. The zero-order chi connectivity index (χ0) is 12.4. The molecule has 2 N–H and O–H groups in total. The van der Waals surface area contributed by atoms with Gasteiger partial charge in [0.05, 0.1) is 0 Å². The highest BCUT2D eigenvalue weighted by Crippen LogP contribution is 2.23. The number of hydrogen-bond donors (Lipinski definition) is 1. The van der Waals surface area contributed by atoms with Gasteiger partial charge in [-0.05, 0) is 31.5 Å². The van der Waals surface area contributed by atoms with Crippen molar-refractivity contribution in [2.24, 2.45) is 11.7 Å². The van der Waals surface area contributed by atoms with Gasteiger partial charge in [0, 0.05) is 17.8 Å². The number of ketones is 1. The molecule has 0 fully saturated rings. The second kappa shape index (κ2) is 4.72. The smallest absolute Gasteiger partial charge is 0.202 e. The number of nitrogens with two attached hydrogens (primary N) is 1. The van der Waals surface area contributed by atoms with Crippen molar-refractivity contribution in [2.75, 3.05) is 6.54 Å². The van der Waals surface area contributed by atoms with E-state index < -0.39 is 0 Å². The summed E-state index contributed by atoms with van der Waals surface area (Å²) in [5, 5.41) is 0.972. The Bertz CT molecular complexity index is 538. The molecule has 17 heavy (non-hydrogen) atoms. The molecule has 1 aromatic heterocycles. The number of fused-ring (bicyclic) bond motifs is 1. The van der Waals surface area contributed by atoms with E-state index in [0.29, 0.717) is 12.3 Å². The van der Waals surface area contributed by atoms with Crippen LogP contribution in [0.25, 0.3) is 11.0 Å². The van der Waals surface area contributed by atoms with Crippen molar-refractivity contribution in [1.82, 2.24) is 0 Å². The Morgan fingerprint density at radius 3 is 2.82 bits per heavy atom. The van der Waals surface area contributed by atoms with E-state index in [2.05, 4.69) is 0 Å². The lowest BCUT2D eigenvalue weighted by molar-refractivity contribution is 0.0895. The monoisotopic (exact) mass is 231 g/mol. The van der Waals surface area contributed by atoms with Crippen molar-refractivity contribution in [2.45, 2.75) is 20.3 Å². The molecule has 0 aliphatic heterocycles. The van der Waals surface area contributed by atoms with Gasteiger partial charge in [-0.15, -0.1) is 0 Å². The lowest BCUT2D eigenvalue weighted by Gasteiger charge is -2.07. The molecular weight excluding hydrogens is 214 g/mol. The van der Waals surface area contributed by atoms with Crippen LogP contribution < -0.4 is 5.73 Å². The highest BCUT2D eigenvalue weighted by atomic mass is 16.3. The molecule has 0 aliphatic rings. The Hall–Kier alpha value is -1.61. The van der Waals surface area contributed by atoms with Gasteiger partial charge in [0.1, 0.15) is 5.58 Å². The average Bonchev–Trinajstić information content (AvgIpc) is 2.73. The maximum absolute atomic E-state index is 12.1. The fourth-order valence-electron chi connectivity index (χ4n) is 1.94. The van der Waals surface area contributed by atoms with Crippen molar-refractivity contribution in [3.8, 4) is 0 Å². The molecule has 0 saturated heterocycles. The average molecular weight is 231 g/mol. The molecule has 1 heterocycles. The third-order valence-corrected chi connectivity index (χ3v) is 3.06. The zero-order valence-electron chi connectivity index (χ0n) is 10.2. The first-order valence-electron chi connectivity index (χ1n) is 5.90. The SMILES string of the molecule is CCC(CN)C(=O)c1cc2cc(C)ccc2o1. The summed E-state index contributed by atoms with van der Waals surface area (Å²) in [6.45, 7) is 4.34. The number of carbonyl (C=O) groups is 1. The van der Waals surface area contributed by atoms with Gasteiger partial charge in [0.2, 0.25) is 5.78 Å². The molecule has 1 atom stereocenters. The second-order valence-electron chi connectivity index (χ2n) is 4.36. The van der Waals surface area contributed by atoms with Crippen LogP contribution in [0, 0.1) is 12.8 Å². The van der Waals surface area contributed by atoms with E-state index in [1.54, 1.807) is 0 Å². The topological polar surface area (TPSA) is 56.2 Å². The number of furan rings is 1. The second-order valence-corrected chi connectivity index (χ2v) is 4.36. The lowest BCUT2D eigenvalue weighted by atomic mass is 9.99. The van der Waals surface area contributed by atoms with Gasteiger partial charge in [-0.3, -0.25) is 4.79 Å². The van der Waals surface area contributed by atoms with E-state index in [0.717, 1.165) is 23.0 Å². The van der Waals surface area contributed by atoms with E-state index >= 15 is 0 Å². The minimum absolute atomic E-state index is 0.00357. The van der Waals surface area contributed by atoms with Gasteiger partial charge in [-0.2, -0.15) is 0 Å². The molecule has 0 bridgehead atoms. The normalized spacial score (nSPS) is 12.9. The van der Waals surface area contributed by atoms with Crippen LogP contribution in [0.2, 0.25) is 0 Å². The summed E-state index contributed by atoms with van der Waals surface area (Å²) in [6, 6.07) is 7.69. The fraction of sp³-hybridized carbons (Fsp3) is 0.357. The van der Waals surface area contributed by atoms with E-state index in [-0.39, 0.29) is 11.7 Å². The quantitative estimate of drug-likeness (QED) is 0.823. The zero-order valence-corrected chi connectivity index (χ0v) is 10.2.